The molecule has 23 heavy (non-hydrogen) atoms. The van der Waals surface area contributed by atoms with E-state index in [1.165, 1.54) is 19.4 Å². The number of aliphatic hydroxyl groups is 3. The van der Waals surface area contributed by atoms with Gasteiger partial charge in [0.05, 0.1) is 5.60 Å². The van der Waals surface area contributed by atoms with Crippen molar-refractivity contribution in [1.82, 2.24) is 0 Å². The molecule has 0 aromatic heterocycles. The van der Waals surface area contributed by atoms with Gasteiger partial charge in [0.2, 0.25) is 0 Å². The van der Waals surface area contributed by atoms with Gasteiger partial charge in [-0.05, 0) is 64.2 Å². The summed E-state index contributed by atoms with van der Waals surface area (Å²) in [7, 11) is 0. The van der Waals surface area contributed by atoms with Crippen LogP contribution in [0.3, 0.4) is 0 Å². The van der Waals surface area contributed by atoms with Gasteiger partial charge >= 0.3 is 0 Å². The van der Waals surface area contributed by atoms with Gasteiger partial charge in [-0.1, -0.05) is 36.8 Å². The lowest BCUT2D eigenvalue weighted by Gasteiger charge is -2.44. The van der Waals surface area contributed by atoms with E-state index in [1.807, 2.05) is 6.92 Å². The Labute approximate surface area is 141 Å². The van der Waals surface area contributed by atoms with E-state index in [4.69, 9.17) is 0 Å². The fraction of sp³-hybridized carbons (Fsp3) is 0.700. The number of rotatable bonds is 6. The summed E-state index contributed by atoms with van der Waals surface area (Å²) < 4.78 is 0. The predicted octanol–water partition coefficient (Wildman–Crippen LogP) is 3.61. The molecule has 1 aliphatic carbocycles. The lowest BCUT2D eigenvalue weighted by atomic mass is 9.61. The standard InChI is InChI=1S/C20H34O3/c1-8-20(7)10-9-15(12-16(20)13(2)3)14(4)11-17(21)18(22)19(5,6)23/h8,11,15-18,21-23H,1-2,9-10,12H2,3-7H3/b14-11+/t15-,16+,17?,18?,20-/m0/s1. The third-order valence-electron chi connectivity index (χ3n) is 5.53. The molecule has 1 fully saturated rings. The van der Waals surface area contributed by atoms with Gasteiger partial charge in [-0.25, -0.2) is 0 Å². The van der Waals surface area contributed by atoms with Gasteiger partial charge in [-0.15, -0.1) is 6.58 Å². The molecule has 2 unspecified atom stereocenters. The molecule has 0 saturated heterocycles. The Hall–Kier alpha value is -0.900. The summed E-state index contributed by atoms with van der Waals surface area (Å²) in [5.41, 5.74) is 0.984. The Bertz CT molecular complexity index is 472. The second-order valence-electron chi connectivity index (χ2n) is 8.08. The highest BCUT2D eigenvalue weighted by atomic mass is 16.4. The van der Waals surface area contributed by atoms with Crippen molar-refractivity contribution in [1.29, 1.82) is 0 Å². The molecule has 0 bridgehead atoms. The maximum Gasteiger partial charge on any atom is 0.112 e. The van der Waals surface area contributed by atoms with Crippen molar-refractivity contribution in [2.24, 2.45) is 17.3 Å². The summed E-state index contributed by atoms with van der Waals surface area (Å²) in [6.45, 7) is 17.4. The Morgan fingerprint density at radius 3 is 2.30 bits per heavy atom. The molecule has 3 heteroatoms. The highest BCUT2D eigenvalue weighted by Crippen LogP contribution is 2.48. The van der Waals surface area contributed by atoms with Crippen molar-refractivity contribution in [3.05, 3.63) is 36.5 Å². The molecule has 1 rings (SSSR count). The minimum Gasteiger partial charge on any atom is -0.388 e. The third kappa shape index (κ3) is 4.79. The minimum atomic E-state index is -1.33. The molecular weight excluding hydrogens is 288 g/mol. The normalized spacial score (nSPS) is 32.3. The summed E-state index contributed by atoms with van der Waals surface area (Å²) in [6.07, 6.45) is 4.52. The number of allylic oxidation sites excluding steroid dienone is 3. The molecule has 5 atom stereocenters. The van der Waals surface area contributed by atoms with Crippen LogP contribution in [0.1, 0.15) is 53.9 Å². The van der Waals surface area contributed by atoms with E-state index in [0.717, 1.165) is 24.8 Å². The van der Waals surface area contributed by atoms with Gasteiger partial charge in [0, 0.05) is 0 Å². The fourth-order valence-electron chi connectivity index (χ4n) is 3.67. The molecule has 0 aliphatic heterocycles. The minimum absolute atomic E-state index is 0.0772. The van der Waals surface area contributed by atoms with Crippen LogP contribution in [0.2, 0.25) is 0 Å². The molecule has 0 amide bonds. The van der Waals surface area contributed by atoms with Crippen molar-refractivity contribution < 1.29 is 15.3 Å². The van der Waals surface area contributed by atoms with E-state index in [-0.39, 0.29) is 5.41 Å². The molecule has 1 saturated carbocycles. The molecule has 3 nitrogen and oxygen atoms in total. The zero-order chi connectivity index (χ0) is 18.0. The van der Waals surface area contributed by atoms with Crippen LogP contribution in [0, 0.1) is 17.3 Å². The molecule has 1 aliphatic rings. The van der Waals surface area contributed by atoms with E-state index in [9.17, 15) is 15.3 Å². The fourth-order valence-corrected chi connectivity index (χ4v) is 3.67. The van der Waals surface area contributed by atoms with Crippen molar-refractivity contribution in [2.45, 2.75) is 71.7 Å². The van der Waals surface area contributed by atoms with Crippen molar-refractivity contribution in [3.63, 3.8) is 0 Å². The first-order chi connectivity index (χ1) is 10.4. The second-order valence-corrected chi connectivity index (χ2v) is 8.08. The zero-order valence-electron chi connectivity index (χ0n) is 15.3. The van der Waals surface area contributed by atoms with Gasteiger partial charge in [0.15, 0.2) is 0 Å². The van der Waals surface area contributed by atoms with Crippen LogP contribution in [-0.2, 0) is 0 Å². The van der Waals surface area contributed by atoms with Crippen LogP contribution in [0.25, 0.3) is 0 Å². The van der Waals surface area contributed by atoms with Crippen molar-refractivity contribution in [3.8, 4) is 0 Å². The topological polar surface area (TPSA) is 60.7 Å². The molecular formula is C20H34O3. The van der Waals surface area contributed by atoms with Crippen LogP contribution in [0.15, 0.2) is 36.5 Å². The summed E-state index contributed by atoms with van der Waals surface area (Å²) in [5.74, 6) is 0.729. The SMILES string of the molecule is C=C[C@@]1(C)CC[C@H](/C(C)=C/C(O)C(O)C(C)(C)O)C[C@@H]1C(=C)C. The van der Waals surface area contributed by atoms with Crippen LogP contribution in [0.5, 0.6) is 0 Å². The van der Waals surface area contributed by atoms with Crippen LogP contribution in [-0.4, -0.2) is 33.1 Å². The van der Waals surface area contributed by atoms with Gasteiger partial charge in [0.1, 0.15) is 12.2 Å². The number of hydrogen-bond acceptors (Lipinski definition) is 3. The Morgan fingerprint density at radius 1 is 1.30 bits per heavy atom. The summed E-state index contributed by atoms with van der Waals surface area (Å²) in [6, 6.07) is 0. The predicted molar refractivity (Wildman–Crippen MR) is 96.0 cm³/mol. The van der Waals surface area contributed by atoms with E-state index >= 15 is 0 Å². The zero-order valence-corrected chi connectivity index (χ0v) is 15.3. The highest BCUT2D eigenvalue weighted by Gasteiger charge is 2.39. The summed E-state index contributed by atoms with van der Waals surface area (Å²) >= 11 is 0. The van der Waals surface area contributed by atoms with Gasteiger partial charge < -0.3 is 15.3 Å². The highest BCUT2D eigenvalue weighted by molar-refractivity contribution is 5.17. The van der Waals surface area contributed by atoms with Crippen LogP contribution in [0.4, 0.5) is 0 Å². The monoisotopic (exact) mass is 322 g/mol. The molecule has 3 N–H and O–H groups in total. The van der Waals surface area contributed by atoms with E-state index in [0.29, 0.717) is 11.8 Å². The lowest BCUT2D eigenvalue weighted by molar-refractivity contribution is -0.0920. The van der Waals surface area contributed by atoms with Crippen LogP contribution < -0.4 is 0 Å². The first kappa shape index (κ1) is 20.1. The van der Waals surface area contributed by atoms with Crippen molar-refractivity contribution >= 4 is 0 Å². The number of aliphatic hydroxyl groups excluding tert-OH is 2. The first-order valence-corrected chi connectivity index (χ1v) is 8.48. The Morgan fingerprint density at radius 2 is 1.87 bits per heavy atom. The second kappa shape index (κ2) is 7.33. The molecule has 0 aromatic rings. The van der Waals surface area contributed by atoms with Crippen molar-refractivity contribution in [2.75, 3.05) is 0 Å². The number of hydrogen-bond donors (Lipinski definition) is 3. The maximum absolute atomic E-state index is 10.2. The van der Waals surface area contributed by atoms with Gasteiger partial charge in [0.25, 0.3) is 0 Å². The molecule has 132 valence electrons. The van der Waals surface area contributed by atoms with Gasteiger partial charge in [-0.2, -0.15) is 0 Å². The van der Waals surface area contributed by atoms with Gasteiger partial charge in [-0.3, -0.25) is 0 Å². The smallest absolute Gasteiger partial charge is 0.112 e. The quantitative estimate of drug-likeness (QED) is 0.655. The lowest BCUT2D eigenvalue weighted by Crippen LogP contribution is -2.44. The average Bonchev–Trinajstić information content (AvgIpc) is 2.45. The maximum atomic E-state index is 10.2. The van der Waals surface area contributed by atoms with Crippen LogP contribution >= 0.6 is 0 Å². The first-order valence-electron chi connectivity index (χ1n) is 8.48. The summed E-state index contributed by atoms with van der Waals surface area (Å²) in [4.78, 5) is 0. The van der Waals surface area contributed by atoms with E-state index in [1.54, 1.807) is 6.08 Å². The molecule has 0 spiro atoms. The average molecular weight is 322 g/mol. The Balaban J connectivity index is 2.89. The van der Waals surface area contributed by atoms with E-state index in [2.05, 4.69) is 33.1 Å². The largest absolute Gasteiger partial charge is 0.388 e. The third-order valence-corrected chi connectivity index (χ3v) is 5.53. The van der Waals surface area contributed by atoms with E-state index < -0.39 is 17.8 Å². The summed E-state index contributed by atoms with van der Waals surface area (Å²) in [5, 5.41) is 30.0. The Kier molecular flexibility index (Phi) is 6.42. The molecule has 0 heterocycles. The molecule has 0 radical (unpaired) electrons. The molecule has 0 aromatic carbocycles.